The summed E-state index contributed by atoms with van der Waals surface area (Å²) in [5.74, 6) is 2.05. The molecule has 1 rings (SSSR count). The van der Waals surface area contributed by atoms with E-state index in [9.17, 15) is 0 Å². The van der Waals surface area contributed by atoms with Gasteiger partial charge in [0.25, 0.3) is 0 Å². The van der Waals surface area contributed by atoms with Crippen molar-refractivity contribution in [2.75, 3.05) is 25.5 Å². The molecule has 1 aliphatic rings. The molecule has 2 unspecified atom stereocenters. The standard InChI is InChI=1S/C9H19NOS/c1-8(2-4-10)12-7-9-3-5-11-6-9/h8-9H,2-7,10H2,1H3. The third-order valence-electron chi connectivity index (χ3n) is 2.21. The van der Waals surface area contributed by atoms with Gasteiger partial charge in [-0.05, 0) is 31.1 Å². The van der Waals surface area contributed by atoms with Gasteiger partial charge >= 0.3 is 0 Å². The fourth-order valence-electron chi connectivity index (χ4n) is 1.33. The van der Waals surface area contributed by atoms with Gasteiger partial charge in [0.15, 0.2) is 0 Å². The van der Waals surface area contributed by atoms with Gasteiger partial charge in [0.1, 0.15) is 0 Å². The Morgan fingerprint density at radius 3 is 3.08 bits per heavy atom. The van der Waals surface area contributed by atoms with Gasteiger partial charge in [-0.15, -0.1) is 0 Å². The second-order valence-corrected chi connectivity index (χ2v) is 4.92. The quantitative estimate of drug-likeness (QED) is 0.712. The fourth-order valence-corrected chi connectivity index (χ4v) is 2.50. The predicted molar refractivity (Wildman–Crippen MR) is 54.5 cm³/mol. The second-order valence-electron chi connectivity index (χ2n) is 3.45. The van der Waals surface area contributed by atoms with Crippen LogP contribution in [0.15, 0.2) is 0 Å². The molecule has 2 N–H and O–H groups in total. The largest absolute Gasteiger partial charge is 0.381 e. The molecule has 0 aromatic rings. The summed E-state index contributed by atoms with van der Waals surface area (Å²) < 4.78 is 5.31. The van der Waals surface area contributed by atoms with Crippen molar-refractivity contribution in [3.05, 3.63) is 0 Å². The maximum atomic E-state index is 5.48. The number of nitrogens with two attached hydrogens (primary N) is 1. The van der Waals surface area contributed by atoms with E-state index in [-0.39, 0.29) is 0 Å². The molecule has 0 aromatic heterocycles. The first kappa shape index (κ1) is 10.4. The summed E-state index contributed by atoms with van der Waals surface area (Å²) in [5.41, 5.74) is 5.48. The molecule has 0 saturated carbocycles. The number of rotatable bonds is 5. The summed E-state index contributed by atoms with van der Waals surface area (Å²) >= 11 is 2.04. The Morgan fingerprint density at radius 2 is 2.50 bits per heavy atom. The van der Waals surface area contributed by atoms with Crippen LogP contribution >= 0.6 is 11.8 Å². The summed E-state index contributed by atoms with van der Waals surface area (Å²) in [6.45, 7) is 5.02. The average Bonchev–Trinajstić information content (AvgIpc) is 2.53. The molecule has 1 heterocycles. The van der Waals surface area contributed by atoms with Crippen molar-refractivity contribution in [3.8, 4) is 0 Å². The zero-order valence-electron chi connectivity index (χ0n) is 7.79. The highest BCUT2D eigenvalue weighted by atomic mass is 32.2. The Labute approximate surface area is 79.2 Å². The summed E-state index contributed by atoms with van der Waals surface area (Å²) in [7, 11) is 0. The van der Waals surface area contributed by atoms with E-state index in [4.69, 9.17) is 10.5 Å². The smallest absolute Gasteiger partial charge is 0.0503 e. The zero-order chi connectivity index (χ0) is 8.81. The molecule has 0 aromatic carbocycles. The van der Waals surface area contributed by atoms with E-state index in [0.717, 1.165) is 37.3 Å². The summed E-state index contributed by atoms with van der Waals surface area (Å²) in [6, 6.07) is 0. The minimum absolute atomic E-state index is 0.718. The van der Waals surface area contributed by atoms with Gasteiger partial charge < -0.3 is 10.5 Å². The van der Waals surface area contributed by atoms with Crippen molar-refractivity contribution in [1.29, 1.82) is 0 Å². The molecule has 1 aliphatic heterocycles. The number of thioether (sulfide) groups is 1. The first-order valence-electron chi connectivity index (χ1n) is 4.72. The van der Waals surface area contributed by atoms with Crippen molar-refractivity contribution in [1.82, 2.24) is 0 Å². The van der Waals surface area contributed by atoms with Crippen LogP contribution in [-0.4, -0.2) is 30.8 Å². The molecule has 12 heavy (non-hydrogen) atoms. The molecular formula is C9H19NOS. The van der Waals surface area contributed by atoms with Crippen LogP contribution in [0.25, 0.3) is 0 Å². The molecule has 2 atom stereocenters. The first-order chi connectivity index (χ1) is 5.83. The normalized spacial score (nSPS) is 26.0. The number of hydrogen-bond donors (Lipinski definition) is 1. The molecule has 0 spiro atoms. The van der Waals surface area contributed by atoms with E-state index < -0.39 is 0 Å². The van der Waals surface area contributed by atoms with Crippen LogP contribution in [0.5, 0.6) is 0 Å². The molecule has 0 bridgehead atoms. The van der Waals surface area contributed by atoms with Crippen LogP contribution in [0.1, 0.15) is 19.8 Å². The highest BCUT2D eigenvalue weighted by Gasteiger charge is 2.16. The van der Waals surface area contributed by atoms with Crippen LogP contribution in [0.4, 0.5) is 0 Å². The molecule has 1 fully saturated rings. The van der Waals surface area contributed by atoms with Gasteiger partial charge in [-0.1, -0.05) is 6.92 Å². The molecule has 3 heteroatoms. The van der Waals surface area contributed by atoms with Crippen LogP contribution in [-0.2, 0) is 4.74 Å². The lowest BCUT2D eigenvalue weighted by atomic mass is 10.2. The number of ether oxygens (including phenoxy) is 1. The van der Waals surface area contributed by atoms with Crippen LogP contribution in [0.2, 0.25) is 0 Å². The molecule has 1 saturated heterocycles. The molecular weight excluding hydrogens is 170 g/mol. The molecule has 72 valence electrons. The Balaban J connectivity index is 1.99. The topological polar surface area (TPSA) is 35.2 Å². The average molecular weight is 189 g/mol. The molecule has 2 nitrogen and oxygen atoms in total. The Kier molecular flexibility index (Phi) is 5.04. The van der Waals surface area contributed by atoms with E-state index in [0.29, 0.717) is 0 Å². The second kappa shape index (κ2) is 5.84. The SMILES string of the molecule is CC(CCN)SCC1CCOC1. The van der Waals surface area contributed by atoms with Gasteiger partial charge in [-0.3, -0.25) is 0 Å². The maximum absolute atomic E-state index is 5.48. The zero-order valence-corrected chi connectivity index (χ0v) is 8.61. The summed E-state index contributed by atoms with van der Waals surface area (Å²) in [4.78, 5) is 0. The molecule has 0 aliphatic carbocycles. The molecule has 0 radical (unpaired) electrons. The van der Waals surface area contributed by atoms with Gasteiger partial charge in [0.2, 0.25) is 0 Å². The fraction of sp³-hybridized carbons (Fsp3) is 1.00. The summed E-state index contributed by atoms with van der Waals surface area (Å²) in [5, 5.41) is 0.718. The van der Waals surface area contributed by atoms with E-state index in [1.807, 2.05) is 11.8 Å². The van der Waals surface area contributed by atoms with E-state index >= 15 is 0 Å². The third kappa shape index (κ3) is 3.78. The monoisotopic (exact) mass is 189 g/mol. The lowest BCUT2D eigenvalue weighted by molar-refractivity contribution is 0.189. The van der Waals surface area contributed by atoms with Crippen LogP contribution < -0.4 is 5.73 Å². The van der Waals surface area contributed by atoms with Gasteiger partial charge in [-0.2, -0.15) is 11.8 Å². The van der Waals surface area contributed by atoms with Gasteiger partial charge in [0.05, 0.1) is 6.61 Å². The van der Waals surface area contributed by atoms with Crippen molar-refractivity contribution in [2.45, 2.75) is 25.0 Å². The Hall–Kier alpha value is 0.270. The lowest BCUT2D eigenvalue weighted by Gasteiger charge is -2.12. The van der Waals surface area contributed by atoms with Gasteiger partial charge in [-0.25, -0.2) is 0 Å². The van der Waals surface area contributed by atoms with Crippen molar-refractivity contribution in [2.24, 2.45) is 11.7 Å². The van der Waals surface area contributed by atoms with Crippen molar-refractivity contribution < 1.29 is 4.74 Å². The minimum atomic E-state index is 0.718. The highest BCUT2D eigenvalue weighted by Crippen LogP contribution is 2.22. The molecule has 0 amide bonds. The van der Waals surface area contributed by atoms with E-state index in [1.165, 1.54) is 12.2 Å². The van der Waals surface area contributed by atoms with Gasteiger partial charge in [0, 0.05) is 11.9 Å². The number of hydrogen-bond acceptors (Lipinski definition) is 3. The first-order valence-corrected chi connectivity index (χ1v) is 5.77. The lowest BCUT2D eigenvalue weighted by Crippen LogP contribution is -2.10. The van der Waals surface area contributed by atoms with E-state index in [2.05, 4.69) is 6.92 Å². The van der Waals surface area contributed by atoms with Crippen LogP contribution in [0, 0.1) is 5.92 Å². The highest BCUT2D eigenvalue weighted by molar-refractivity contribution is 7.99. The minimum Gasteiger partial charge on any atom is -0.381 e. The third-order valence-corrected chi connectivity index (χ3v) is 3.68. The van der Waals surface area contributed by atoms with Crippen molar-refractivity contribution >= 4 is 11.8 Å². The Bertz CT molecular complexity index is 115. The van der Waals surface area contributed by atoms with Crippen molar-refractivity contribution in [3.63, 3.8) is 0 Å². The Morgan fingerprint density at radius 1 is 1.67 bits per heavy atom. The summed E-state index contributed by atoms with van der Waals surface area (Å²) in [6.07, 6.45) is 2.39. The van der Waals surface area contributed by atoms with E-state index in [1.54, 1.807) is 0 Å². The van der Waals surface area contributed by atoms with Crippen LogP contribution in [0.3, 0.4) is 0 Å². The maximum Gasteiger partial charge on any atom is 0.0503 e. The predicted octanol–water partition coefficient (Wildman–Crippen LogP) is 1.49.